The van der Waals surface area contributed by atoms with Crippen molar-refractivity contribution < 1.29 is 13.9 Å². The fraction of sp³-hybridized carbons (Fsp3) is 0.188. The van der Waals surface area contributed by atoms with Crippen LogP contribution in [0.4, 0.5) is 0 Å². The summed E-state index contributed by atoms with van der Waals surface area (Å²) in [6.45, 7) is 3.81. The van der Waals surface area contributed by atoms with Crippen LogP contribution < -0.4 is 0 Å². The number of aromatic nitrogens is 2. The first kappa shape index (κ1) is 15.9. The number of benzene rings is 1. The molecule has 3 aromatic rings. The standard InChI is InChI=1S/C16H13BrN2O3S/c1-9-3-4-11(10(2)7-9)16(20)21-8-14-18-19-15(22-14)12-5-6-13(17)23-12/h3-7H,8H2,1-2H3. The molecule has 2 aromatic heterocycles. The molecule has 0 unspecified atom stereocenters. The smallest absolute Gasteiger partial charge is 0.338 e. The first-order valence-corrected chi connectivity index (χ1v) is 8.46. The van der Waals surface area contributed by atoms with E-state index in [1.165, 1.54) is 11.3 Å². The lowest BCUT2D eigenvalue weighted by molar-refractivity contribution is 0.0438. The zero-order chi connectivity index (χ0) is 16.4. The quantitative estimate of drug-likeness (QED) is 0.609. The first-order chi connectivity index (χ1) is 11.0. The molecule has 3 rings (SSSR count). The summed E-state index contributed by atoms with van der Waals surface area (Å²) in [5.74, 6) is 0.280. The van der Waals surface area contributed by atoms with Crippen LogP contribution in [-0.4, -0.2) is 16.2 Å². The van der Waals surface area contributed by atoms with Gasteiger partial charge in [0.2, 0.25) is 0 Å². The molecule has 0 saturated heterocycles. The van der Waals surface area contributed by atoms with Gasteiger partial charge in [0.25, 0.3) is 11.8 Å². The second-order valence-electron chi connectivity index (χ2n) is 5.00. The van der Waals surface area contributed by atoms with Crippen molar-refractivity contribution in [1.82, 2.24) is 10.2 Å². The van der Waals surface area contributed by atoms with Crippen molar-refractivity contribution in [3.8, 4) is 10.8 Å². The van der Waals surface area contributed by atoms with E-state index >= 15 is 0 Å². The van der Waals surface area contributed by atoms with Gasteiger partial charge in [0.15, 0.2) is 6.61 Å². The third kappa shape index (κ3) is 3.68. The van der Waals surface area contributed by atoms with Crippen LogP contribution in [0.5, 0.6) is 0 Å². The van der Waals surface area contributed by atoms with Gasteiger partial charge in [-0.25, -0.2) is 4.79 Å². The van der Waals surface area contributed by atoms with Crippen LogP contribution in [0.1, 0.15) is 27.4 Å². The van der Waals surface area contributed by atoms with Gasteiger partial charge in [0.05, 0.1) is 14.2 Å². The highest BCUT2D eigenvalue weighted by Crippen LogP contribution is 2.30. The lowest BCUT2D eigenvalue weighted by Crippen LogP contribution is -2.07. The van der Waals surface area contributed by atoms with Gasteiger partial charge in [-0.2, -0.15) is 0 Å². The van der Waals surface area contributed by atoms with Gasteiger partial charge in [0.1, 0.15) is 0 Å². The largest absolute Gasteiger partial charge is 0.452 e. The number of esters is 1. The van der Waals surface area contributed by atoms with E-state index in [2.05, 4.69) is 26.1 Å². The summed E-state index contributed by atoms with van der Waals surface area (Å²) in [5, 5.41) is 7.86. The summed E-state index contributed by atoms with van der Waals surface area (Å²) < 4.78 is 11.7. The van der Waals surface area contributed by atoms with E-state index in [-0.39, 0.29) is 12.5 Å². The van der Waals surface area contributed by atoms with Crippen molar-refractivity contribution in [2.24, 2.45) is 0 Å². The SMILES string of the molecule is Cc1ccc(C(=O)OCc2nnc(-c3ccc(Br)s3)o2)c(C)c1. The van der Waals surface area contributed by atoms with Crippen LogP contribution in [-0.2, 0) is 11.3 Å². The summed E-state index contributed by atoms with van der Waals surface area (Å²) in [6, 6.07) is 9.37. The molecule has 0 atom stereocenters. The second-order valence-corrected chi connectivity index (χ2v) is 7.46. The van der Waals surface area contributed by atoms with Crippen LogP contribution in [0.2, 0.25) is 0 Å². The van der Waals surface area contributed by atoms with Gasteiger partial charge >= 0.3 is 5.97 Å². The molecule has 0 fully saturated rings. The van der Waals surface area contributed by atoms with E-state index in [1.54, 1.807) is 6.07 Å². The minimum absolute atomic E-state index is 0.0499. The van der Waals surface area contributed by atoms with Gasteiger partial charge < -0.3 is 9.15 Å². The molecule has 1 aromatic carbocycles. The second kappa shape index (κ2) is 6.64. The summed E-state index contributed by atoms with van der Waals surface area (Å²) in [4.78, 5) is 13.0. The van der Waals surface area contributed by atoms with Crippen molar-refractivity contribution in [2.75, 3.05) is 0 Å². The normalized spacial score (nSPS) is 10.7. The third-order valence-electron chi connectivity index (χ3n) is 3.18. The van der Waals surface area contributed by atoms with E-state index < -0.39 is 5.97 Å². The van der Waals surface area contributed by atoms with E-state index in [4.69, 9.17) is 9.15 Å². The lowest BCUT2D eigenvalue weighted by Gasteiger charge is -2.06. The van der Waals surface area contributed by atoms with Gasteiger partial charge in [-0.3, -0.25) is 0 Å². The summed E-state index contributed by atoms with van der Waals surface area (Å²) >= 11 is 4.87. The van der Waals surface area contributed by atoms with E-state index in [0.717, 1.165) is 19.8 Å². The van der Waals surface area contributed by atoms with E-state index in [9.17, 15) is 4.79 Å². The number of halogens is 1. The maximum atomic E-state index is 12.1. The minimum atomic E-state index is -0.402. The number of hydrogen-bond donors (Lipinski definition) is 0. The van der Waals surface area contributed by atoms with Crippen molar-refractivity contribution in [3.05, 3.63) is 56.7 Å². The Morgan fingerprint density at radius 2 is 2.09 bits per heavy atom. The Kier molecular flexibility index (Phi) is 4.58. The molecule has 0 amide bonds. The number of hydrogen-bond acceptors (Lipinski definition) is 6. The number of carbonyl (C=O) groups is 1. The number of carbonyl (C=O) groups excluding carboxylic acids is 1. The lowest BCUT2D eigenvalue weighted by atomic mass is 10.1. The summed E-state index contributed by atoms with van der Waals surface area (Å²) in [7, 11) is 0. The number of aryl methyl sites for hydroxylation is 2. The first-order valence-electron chi connectivity index (χ1n) is 6.85. The monoisotopic (exact) mass is 392 g/mol. The summed E-state index contributed by atoms with van der Waals surface area (Å²) in [5.41, 5.74) is 2.52. The Labute approximate surface area is 145 Å². The van der Waals surface area contributed by atoms with E-state index in [0.29, 0.717) is 11.5 Å². The van der Waals surface area contributed by atoms with Crippen LogP contribution in [0.15, 0.2) is 38.5 Å². The topological polar surface area (TPSA) is 65.2 Å². The number of rotatable bonds is 4. The molecule has 0 aliphatic rings. The molecule has 23 heavy (non-hydrogen) atoms. The van der Waals surface area contributed by atoms with Crippen LogP contribution in [0.3, 0.4) is 0 Å². The van der Waals surface area contributed by atoms with Crippen LogP contribution in [0.25, 0.3) is 10.8 Å². The molecule has 0 aliphatic carbocycles. The number of thiophene rings is 1. The molecule has 118 valence electrons. The Bertz CT molecular complexity index is 857. The molecule has 0 bridgehead atoms. The Hall–Kier alpha value is -1.99. The zero-order valence-corrected chi connectivity index (χ0v) is 14.9. The molecule has 0 N–H and O–H groups in total. The molecule has 7 heteroatoms. The van der Waals surface area contributed by atoms with Gasteiger partial charge in [-0.15, -0.1) is 21.5 Å². The van der Waals surface area contributed by atoms with Crippen molar-refractivity contribution in [3.63, 3.8) is 0 Å². The average Bonchev–Trinajstić information content (AvgIpc) is 3.13. The van der Waals surface area contributed by atoms with Crippen molar-refractivity contribution in [2.45, 2.75) is 20.5 Å². The van der Waals surface area contributed by atoms with E-state index in [1.807, 2.05) is 38.1 Å². The molecular formula is C16H13BrN2O3S. The van der Waals surface area contributed by atoms with Gasteiger partial charge in [0, 0.05) is 0 Å². The third-order valence-corrected chi connectivity index (χ3v) is 4.79. The Balaban J connectivity index is 1.66. The summed E-state index contributed by atoms with van der Waals surface area (Å²) in [6.07, 6.45) is 0. The fourth-order valence-corrected chi connectivity index (χ4v) is 3.40. The highest BCUT2D eigenvalue weighted by molar-refractivity contribution is 9.11. The zero-order valence-electron chi connectivity index (χ0n) is 12.5. The molecule has 0 saturated carbocycles. The molecule has 0 radical (unpaired) electrons. The molecule has 0 spiro atoms. The maximum absolute atomic E-state index is 12.1. The highest BCUT2D eigenvalue weighted by Gasteiger charge is 2.14. The Morgan fingerprint density at radius 3 is 2.78 bits per heavy atom. The van der Waals surface area contributed by atoms with Gasteiger partial charge in [-0.05, 0) is 53.5 Å². The fourth-order valence-electron chi connectivity index (χ4n) is 2.09. The maximum Gasteiger partial charge on any atom is 0.338 e. The number of ether oxygens (including phenoxy) is 1. The van der Waals surface area contributed by atoms with Crippen molar-refractivity contribution >= 4 is 33.2 Å². The predicted molar refractivity (Wildman–Crippen MR) is 90.3 cm³/mol. The van der Waals surface area contributed by atoms with Gasteiger partial charge in [-0.1, -0.05) is 17.7 Å². The minimum Gasteiger partial charge on any atom is -0.452 e. The average molecular weight is 393 g/mol. The number of nitrogens with zero attached hydrogens (tertiary/aromatic N) is 2. The van der Waals surface area contributed by atoms with Crippen LogP contribution >= 0.6 is 27.3 Å². The molecule has 0 aliphatic heterocycles. The molecule has 5 nitrogen and oxygen atoms in total. The highest BCUT2D eigenvalue weighted by atomic mass is 79.9. The van der Waals surface area contributed by atoms with Crippen LogP contribution in [0, 0.1) is 13.8 Å². The molecular weight excluding hydrogens is 380 g/mol. The molecule has 2 heterocycles. The van der Waals surface area contributed by atoms with Crippen molar-refractivity contribution in [1.29, 1.82) is 0 Å². The Morgan fingerprint density at radius 1 is 1.26 bits per heavy atom. The predicted octanol–water partition coefficient (Wildman–Crippen LogP) is 4.53.